The smallest absolute Gasteiger partial charge is 0.339 e. The molecule has 0 aromatic heterocycles. The lowest BCUT2D eigenvalue weighted by Crippen LogP contribution is -2.32. The summed E-state index contributed by atoms with van der Waals surface area (Å²) in [5.41, 5.74) is 1.89. The Labute approximate surface area is 115 Å². The van der Waals surface area contributed by atoms with Crippen LogP contribution in [0.1, 0.15) is 49.9 Å². The second kappa shape index (κ2) is 5.64. The van der Waals surface area contributed by atoms with Crippen molar-refractivity contribution in [2.24, 2.45) is 5.41 Å². The topological polar surface area (TPSA) is 38.3 Å². The average molecular weight is 261 g/mol. The number of para-hydroxylation sites is 1. The maximum Gasteiger partial charge on any atom is 0.339 e. The molecule has 1 fully saturated rings. The number of esters is 1. The predicted octanol–water partition coefficient (Wildman–Crippen LogP) is 3.85. The monoisotopic (exact) mass is 261 g/mol. The van der Waals surface area contributed by atoms with Gasteiger partial charge in [0.25, 0.3) is 0 Å². The quantitative estimate of drug-likeness (QED) is 0.840. The van der Waals surface area contributed by atoms with Crippen LogP contribution in [0, 0.1) is 5.41 Å². The molecule has 0 saturated heterocycles. The highest BCUT2D eigenvalue weighted by Crippen LogP contribution is 2.36. The third kappa shape index (κ3) is 3.49. The summed E-state index contributed by atoms with van der Waals surface area (Å²) >= 11 is 0. The fourth-order valence-corrected chi connectivity index (χ4v) is 2.94. The van der Waals surface area contributed by atoms with E-state index in [-0.39, 0.29) is 5.97 Å². The van der Waals surface area contributed by atoms with Crippen molar-refractivity contribution in [3.05, 3.63) is 29.8 Å². The summed E-state index contributed by atoms with van der Waals surface area (Å²) in [6.07, 6.45) is 4.83. The fourth-order valence-electron chi connectivity index (χ4n) is 2.94. The number of benzene rings is 1. The van der Waals surface area contributed by atoms with E-state index in [1.807, 2.05) is 24.3 Å². The van der Waals surface area contributed by atoms with E-state index in [0.717, 1.165) is 12.1 Å². The van der Waals surface area contributed by atoms with Crippen LogP contribution >= 0.6 is 0 Å². The zero-order valence-corrected chi connectivity index (χ0v) is 12.0. The van der Waals surface area contributed by atoms with Crippen LogP contribution in [0.4, 0.5) is 5.69 Å². The van der Waals surface area contributed by atoms with E-state index in [1.54, 1.807) is 0 Å². The Hall–Kier alpha value is -1.51. The first-order chi connectivity index (χ1) is 9.02. The van der Waals surface area contributed by atoms with Crippen LogP contribution in [-0.4, -0.2) is 19.1 Å². The third-order valence-corrected chi connectivity index (χ3v) is 3.90. The number of rotatable bonds is 3. The van der Waals surface area contributed by atoms with Gasteiger partial charge in [-0.2, -0.15) is 0 Å². The van der Waals surface area contributed by atoms with Gasteiger partial charge in [0.05, 0.1) is 12.7 Å². The molecule has 0 bridgehead atoms. The molecule has 0 amide bonds. The van der Waals surface area contributed by atoms with Crippen LogP contribution in [0.2, 0.25) is 0 Å². The van der Waals surface area contributed by atoms with Crippen LogP contribution < -0.4 is 5.32 Å². The predicted molar refractivity (Wildman–Crippen MR) is 77.4 cm³/mol. The van der Waals surface area contributed by atoms with Crippen molar-refractivity contribution >= 4 is 11.7 Å². The maximum atomic E-state index is 11.7. The summed E-state index contributed by atoms with van der Waals surface area (Å²) in [6, 6.07) is 8.01. The summed E-state index contributed by atoms with van der Waals surface area (Å²) in [7, 11) is 1.42. The molecule has 19 heavy (non-hydrogen) atoms. The van der Waals surface area contributed by atoms with E-state index in [9.17, 15) is 4.79 Å². The van der Waals surface area contributed by atoms with Crippen molar-refractivity contribution in [1.29, 1.82) is 0 Å². The molecule has 1 aromatic carbocycles. The summed E-state index contributed by atoms with van der Waals surface area (Å²) in [5, 5.41) is 3.52. The SMILES string of the molecule is COC(=O)c1ccccc1NC1CCCC(C)(C)C1. The minimum atomic E-state index is -0.279. The van der Waals surface area contributed by atoms with Gasteiger partial charge in [-0.15, -0.1) is 0 Å². The van der Waals surface area contributed by atoms with Crippen LogP contribution in [0.5, 0.6) is 0 Å². The molecule has 0 spiro atoms. The highest BCUT2D eigenvalue weighted by atomic mass is 16.5. The number of carbonyl (C=O) groups is 1. The molecular formula is C16H23NO2. The Balaban J connectivity index is 2.13. The fraction of sp³-hybridized carbons (Fsp3) is 0.562. The lowest BCUT2D eigenvalue weighted by Gasteiger charge is -2.36. The molecule has 1 aliphatic rings. The molecule has 1 saturated carbocycles. The standard InChI is InChI=1S/C16H23NO2/c1-16(2)10-6-7-12(11-16)17-14-9-5-4-8-13(14)15(18)19-3/h4-5,8-9,12,17H,6-7,10-11H2,1-3H3. The van der Waals surface area contributed by atoms with Gasteiger partial charge in [-0.25, -0.2) is 4.79 Å². The van der Waals surface area contributed by atoms with Gasteiger partial charge in [0.1, 0.15) is 0 Å². The molecular weight excluding hydrogens is 238 g/mol. The van der Waals surface area contributed by atoms with Gasteiger partial charge in [-0.1, -0.05) is 32.4 Å². The zero-order chi connectivity index (χ0) is 13.9. The molecule has 0 aliphatic heterocycles. The summed E-state index contributed by atoms with van der Waals surface area (Å²) in [5.74, 6) is -0.279. The average Bonchev–Trinajstić information content (AvgIpc) is 2.37. The van der Waals surface area contributed by atoms with E-state index in [2.05, 4.69) is 19.2 Å². The second-order valence-corrected chi connectivity index (χ2v) is 6.14. The molecule has 2 rings (SSSR count). The van der Waals surface area contributed by atoms with E-state index in [0.29, 0.717) is 17.0 Å². The summed E-state index contributed by atoms with van der Waals surface area (Å²) in [6.45, 7) is 4.63. The number of nitrogens with one attached hydrogen (secondary N) is 1. The minimum absolute atomic E-state index is 0.279. The van der Waals surface area contributed by atoms with E-state index in [1.165, 1.54) is 26.4 Å². The zero-order valence-electron chi connectivity index (χ0n) is 12.0. The van der Waals surface area contributed by atoms with Gasteiger partial charge in [0.15, 0.2) is 0 Å². The maximum absolute atomic E-state index is 11.7. The molecule has 104 valence electrons. The van der Waals surface area contributed by atoms with Crippen molar-refractivity contribution in [3.8, 4) is 0 Å². The number of anilines is 1. The second-order valence-electron chi connectivity index (χ2n) is 6.14. The van der Waals surface area contributed by atoms with E-state index < -0.39 is 0 Å². The Morgan fingerprint density at radius 3 is 2.79 bits per heavy atom. The molecule has 3 heteroatoms. The Bertz CT molecular complexity index is 454. The molecule has 1 aromatic rings. The lowest BCUT2D eigenvalue weighted by atomic mass is 9.75. The first-order valence-corrected chi connectivity index (χ1v) is 6.96. The van der Waals surface area contributed by atoms with Gasteiger partial charge < -0.3 is 10.1 Å². The first-order valence-electron chi connectivity index (χ1n) is 6.96. The van der Waals surface area contributed by atoms with Crippen molar-refractivity contribution in [3.63, 3.8) is 0 Å². The van der Waals surface area contributed by atoms with Crippen LogP contribution in [0.3, 0.4) is 0 Å². The minimum Gasteiger partial charge on any atom is -0.465 e. The summed E-state index contributed by atoms with van der Waals surface area (Å²) < 4.78 is 4.83. The first kappa shape index (κ1) is 13.9. The highest BCUT2D eigenvalue weighted by Gasteiger charge is 2.28. The van der Waals surface area contributed by atoms with Crippen molar-refractivity contribution in [2.75, 3.05) is 12.4 Å². The molecule has 0 heterocycles. The summed E-state index contributed by atoms with van der Waals surface area (Å²) in [4.78, 5) is 11.7. The van der Waals surface area contributed by atoms with Gasteiger partial charge in [-0.3, -0.25) is 0 Å². The largest absolute Gasteiger partial charge is 0.465 e. The van der Waals surface area contributed by atoms with Gasteiger partial charge in [0.2, 0.25) is 0 Å². The van der Waals surface area contributed by atoms with Crippen molar-refractivity contribution in [1.82, 2.24) is 0 Å². The molecule has 1 atom stereocenters. The Morgan fingerprint density at radius 2 is 2.11 bits per heavy atom. The third-order valence-electron chi connectivity index (χ3n) is 3.90. The normalized spacial score (nSPS) is 21.7. The number of ether oxygens (including phenoxy) is 1. The Kier molecular flexibility index (Phi) is 4.13. The molecule has 0 radical (unpaired) electrons. The van der Waals surface area contributed by atoms with Gasteiger partial charge >= 0.3 is 5.97 Å². The van der Waals surface area contributed by atoms with Crippen molar-refractivity contribution < 1.29 is 9.53 Å². The van der Waals surface area contributed by atoms with E-state index in [4.69, 9.17) is 4.74 Å². The van der Waals surface area contributed by atoms with Crippen LogP contribution in [-0.2, 0) is 4.74 Å². The van der Waals surface area contributed by atoms with Gasteiger partial charge in [-0.05, 0) is 36.8 Å². The number of hydrogen-bond acceptors (Lipinski definition) is 3. The van der Waals surface area contributed by atoms with Gasteiger partial charge in [0, 0.05) is 11.7 Å². The molecule has 1 N–H and O–H groups in total. The number of hydrogen-bond donors (Lipinski definition) is 1. The van der Waals surface area contributed by atoms with Crippen molar-refractivity contribution in [2.45, 2.75) is 45.6 Å². The number of methoxy groups -OCH3 is 1. The highest BCUT2D eigenvalue weighted by molar-refractivity contribution is 5.95. The molecule has 1 aliphatic carbocycles. The van der Waals surface area contributed by atoms with E-state index >= 15 is 0 Å². The Morgan fingerprint density at radius 1 is 1.37 bits per heavy atom. The van der Waals surface area contributed by atoms with Crippen LogP contribution in [0.25, 0.3) is 0 Å². The lowest BCUT2D eigenvalue weighted by molar-refractivity contribution is 0.0601. The molecule has 1 unspecified atom stereocenters. The molecule has 3 nitrogen and oxygen atoms in total. The van der Waals surface area contributed by atoms with Crippen LogP contribution in [0.15, 0.2) is 24.3 Å². The number of carbonyl (C=O) groups excluding carboxylic acids is 1.